The highest BCUT2D eigenvalue weighted by Crippen LogP contribution is 2.35. The zero-order chi connectivity index (χ0) is 15.9. The molecule has 20 heavy (non-hydrogen) atoms. The minimum Gasteiger partial charge on any atom is -0.465 e. The first-order valence-corrected chi connectivity index (χ1v) is 6.80. The number of pyridine rings is 1. The Kier molecular flexibility index (Phi) is 4.18. The van der Waals surface area contributed by atoms with Crippen LogP contribution in [0.1, 0.15) is 68.9 Å². The Balaban J connectivity index is 3.79. The number of carbonyl (C=O) groups excluding carboxylic acids is 1. The molecule has 4 heteroatoms. The van der Waals surface area contributed by atoms with Gasteiger partial charge in [-0.1, -0.05) is 41.5 Å². The Morgan fingerprint density at radius 2 is 1.50 bits per heavy atom. The predicted molar refractivity (Wildman–Crippen MR) is 82.1 cm³/mol. The van der Waals surface area contributed by atoms with E-state index in [2.05, 4.69) is 20.8 Å². The Labute approximate surface area is 121 Å². The number of nitrogens with zero attached hydrogens (tertiary/aromatic N) is 1. The van der Waals surface area contributed by atoms with E-state index in [0.29, 0.717) is 11.3 Å². The maximum Gasteiger partial charge on any atom is 0.340 e. The maximum absolute atomic E-state index is 12.1. The quantitative estimate of drug-likeness (QED) is 0.800. The van der Waals surface area contributed by atoms with Crippen LogP contribution in [0.3, 0.4) is 0 Å². The molecule has 0 atom stereocenters. The van der Waals surface area contributed by atoms with Crippen LogP contribution in [0.4, 0.5) is 5.69 Å². The van der Waals surface area contributed by atoms with E-state index in [1.54, 1.807) is 0 Å². The molecule has 1 aromatic heterocycles. The summed E-state index contributed by atoms with van der Waals surface area (Å²) in [5, 5.41) is 0. The summed E-state index contributed by atoms with van der Waals surface area (Å²) < 4.78 is 4.90. The second-order valence-electron chi connectivity index (χ2n) is 7.21. The molecule has 0 aliphatic rings. The van der Waals surface area contributed by atoms with Gasteiger partial charge in [0, 0.05) is 10.8 Å². The molecule has 0 aliphatic carbocycles. The highest BCUT2D eigenvalue weighted by Gasteiger charge is 2.31. The molecule has 0 fully saturated rings. The molecule has 0 radical (unpaired) electrons. The molecule has 112 valence electrons. The van der Waals surface area contributed by atoms with Crippen molar-refractivity contribution in [3.8, 4) is 0 Å². The molecule has 0 amide bonds. The number of nitrogens with two attached hydrogens (primary N) is 1. The summed E-state index contributed by atoms with van der Waals surface area (Å²) in [6, 6.07) is 0. The van der Waals surface area contributed by atoms with Crippen LogP contribution in [0.5, 0.6) is 0 Å². The fourth-order valence-electron chi connectivity index (χ4n) is 2.18. The molecule has 0 spiro atoms. The van der Waals surface area contributed by atoms with Gasteiger partial charge in [0.1, 0.15) is 0 Å². The molecule has 1 heterocycles. The molecule has 4 nitrogen and oxygen atoms in total. The molecule has 0 aromatic carbocycles. The van der Waals surface area contributed by atoms with Gasteiger partial charge in [0.25, 0.3) is 0 Å². The number of hydrogen-bond donors (Lipinski definition) is 1. The first-order valence-electron chi connectivity index (χ1n) is 6.80. The normalized spacial score (nSPS) is 12.4. The third kappa shape index (κ3) is 2.94. The van der Waals surface area contributed by atoms with Crippen molar-refractivity contribution in [2.75, 3.05) is 12.8 Å². The van der Waals surface area contributed by atoms with Crippen LogP contribution < -0.4 is 5.73 Å². The van der Waals surface area contributed by atoms with Crippen molar-refractivity contribution in [3.05, 3.63) is 22.5 Å². The molecule has 1 rings (SSSR count). The van der Waals surface area contributed by atoms with E-state index in [4.69, 9.17) is 15.5 Å². The zero-order valence-corrected chi connectivity index (χ0v) is 13.8. The number of rotatable bonds is 1. The van der Waals surface area contributed by atoms with Crippen molar-refractivity contribution in [1.29, 1.82) is 0 Å². The van der Waals surface area contributed by atoms with Gasteiger partial charge < -0.3 is 10.5 Å². The highest BCUT2D eigenvalue weighted by molar-refractivity contribution is 5.94. The van der Waals surface area contributed by atoms with E-state index in [1.807, 2.05) is 27.7 Å². The van der Waals surface area contributed by atoms with Gasteiger partial charge in [-0.15, -0.1) is 0 Å². The predicted octanol–water partition coefficient (Wildman–Crippen LogP) is 3.35. The number of anilines is 1. The lowest BCUT2D eigenvalue weighted by Gasteiger charge is -2.28. The second-order valence-corrected chi connectivity index (χ2v) is 7.21. The van der Waals surface area contributed by atoms with Gasteiger partial charge >= 0.3 is 5.97 Å². The van der Waals surface area contributed by atoms with Gasteiger partial charge in [0.15, 0.2) is 0 Å². The van der Waals surface area contributed by atoms with Gasteiger partial charge in [-0.3, -0.25) is 4.98 Å². The first-order chi connectivity index (χ1) is 8.91. The second kappa shape index (κ2) is 5.08. The van der Waals surface area contributed by atoms with Crippen LogP contribution >= 0.6 is 0 Å². The van der Waals surface area contributed by atoms with Crippen molar-refractivity contribution in [3.63, 3.8) is 0 Å². The molecule has 0 aliphatic heterocycles. The Hall–Kier alpha value is -1.58. The van der Waals surface area contributed by atoms with Gasteiger partial charge in [-0.05, 0) is 12.5 Å². The fourth-order valence-corrected chi connectivity index (χ4v) is 2.18. The minimum absolute atomic E-state index is 0.177. The van der Waals surface area contributed by atoms with E-state index >= 15 is 0 Å². The molecule has 0 saturated heterocycles. The van der Waals surface area contributed by atoms with Crippen LogP contribution in [-0.4, -0.2) is 18.1 Å². The minimum atomic E-state index is -0.382. The first kappa shape index (κ1) is 16.5. The van der Waals surface area contributed by atoms with Gasteiger partial charge in [0.05, 0.1) is 29.7 Å². The summed E-state index contributed by atoms with van der Waals surface area (Å²) in [7, 11) is 1.38. The molecular formula is C16H26N2O2. The molecular weight excluding hydrogens is 252 g/mol. The molecule has 1 aromatic rings. The van der Waals surface area contributed by atoms with E-state index in [9.17, 15) is 4.79 Å². The third-order valence-corrected chi connectivity index (χ3v) is 3.30. The number of esters is 1. The monoisotopic (exact) mass is 278 g/mol. The largest absolute Gasteiger partial charge is 0.465 e. The average molecular weight is 278 g/mol. The summed E-state index contributed by atoms with van der Waals surface area (Å²) in [5.41, 5.74) is 9.15. The Morgan fingerprint density at radius 1 is 1.05 bits per heavy atom. The van der Waals surface area contributed by atoms with Crippen LogP contribution in [0, 0.1) is 6.92 Å². The van der Waals surface area contributed by atoms with Crippen molar-refractivity contribution in [1.82, 2.24) is 4.98 Å². The number of aromatic nitrogens is 1. The van der Waals surface area contributed by atoms with Crippen molar-refractivity contribution in [2.45, 2.75) is 59.3 Å². The summed E-state index contributed by atoms with van der Waals surface area (Å²) >= 11 is 0. The van der Waals surface area contributed by atoms with Gasteiger partial charge in [0.2, 0.25) is 0 Å². The van der Waals surface area contributed by atoms with Crippen LogP contribution in [0.15, 0.2) is 0 Å². The topological polar surface area (TPSA) is 65.2 Å². The van der Waals surface area contributed by atoms with Crippen LogP contribution in [0.2, 0.25) is 0 Å². The number of hydrogen-bond acceptors (Lipinski definition) is 4. The summed E-state index contributed by atoms with van der Waals surface area (Å²) in [4.78, 5) is 16.8. The summed E-state index contributed by atoms with van der Waals surface area (Å²) in [6.07, 6.45) is 0. The van der Waals surface area contributed by atoms with Crippen molar-refractivity contribution in [2.24, 2.45) is 0 Å². The average Bonchev–Trinajstić information content (AvgIpc) is 2.28. The van der Waals surface area contributed by atoms with Gasteiger partial charge in [-0.2, -0.15) is 0 Å². The third-order valence-electron chi connectivity index (χ3n) is 3.30. The maximum atomic E-state index is 12.1. The summed E-state index contributed by atoms with van der Waals surface area (Å²) in [5.74, 6) is -0.382. The number of methoxy groups -OCH3 is 1. The zero-order valence-electron chi connectivity index (χ0n) is 13.8. The molecule has 0 bridgehead atoms. The highest BCUT2D eigenvalue weighted by atomic mass is 16.5. The van der Waals surface area contributed by atoms with E-state index < -0.39 is 0 Å². The van der Waals surface area contributed by atoms with Crippen LogP contribution in [-0.2, 0) is 15.6 Å². The lowest BCUT2D eigenvalue weighted by Crippen LogP contribution is -2.27. The standard InChI is InChI=1S/C16H26N2O2/c1-9-10(14(19)20-8)12(15(2,3)4)18-13(11(9)17)16(5,6)7/h17H2,1-8H3. The van der Waals surface area contributed by atoms with E-state index in [-0.39, 0.29) is 16.8 Å². The number of nitrogen functional groups attached to an aromatic ring is 1. The number of carbonyl (C=O) groups is 1. The summed E-state index contributed by atoms with van der Waals surface area (Å²) in [6.45, 7) is 14.1. The smallest absolute Gasteiger partial charge is 0.340 e. The Bertz CT molecular complexity index is 535. The van der Waals surface area contributed by atoms with Gasteiger partial charge in [-0.25, -0.2) is 4.79 Å². The van der Waals surface area contributed by atoms with Crippen LogP contribution in [0.25, 0.3) is 0 Å². The number of ether oxygens (including phenoxy) is 1. The lowest BCUT2D eigenvalue weighted by atomic mass is 9.82. The van der Waals surface area contributed by atoms with Crippen molar-refractivity contribution >= 4 is 11.7 Å². The van der Waals surface area contributed by atoms with E-state index in [1.165, 1.54) is 7.11 Å². The van der Waals surface area contributed by atoms with E-state index in [0.717, 1.165) is 17.0 Å². The van der Waals surface area contributed by atoms with Crippen molar-refractivity contribution < 1.29 is 9.53 Å². The molecule has 0 saturated carbocycles. The molecule has 2 N–H and O–H groups in total. The molecule has 0 unspecified atom stereocenters. The Morgan fingerprint density at radius 3 is 1.85 bits per heavy atom. The SMILES string of the molecule is COC(=O)c1c(C(C)(C)C)nc(C(C)(C)C)c(N)c1C. The fraction of sp³-hybridized carbons (Fsp3) is 0.625. The lowest BCUT2D eigenvalue weighted by molar-refractivity contribution is 0.0596.